The smallest absolute Gasteiger partial charge is 0.416 e. The van der Waals surface area contributed by atoms with Gasteiger partial charge in [0.1, 0.15) is 0 Å². The molecule has 1 saturated carbocycles. The molecule has 2 fully saturated rings. The lowest BCUT2D eigenvalue weighted by atomic mass is 9.85. The van der Waals surface area contributed by atoms with Crippen molar-refractivity contribution in [1.82, 2.24) is 9.62 Å². The van der Waals surface area contributed by atoms with Crippen LogP contribution in [-0.2, 0) is 29.0 Å². The molecule has 3 aliphatic rings. The van der Waals surface area contributed by atoms with Gasteiger partial charge in [0.15, 0.2) is 11.6 Å². The lowest BCUT2D eigenvalue weighted by molar-refractivity contribution is -0.137. The van der Waals surface area contributed by atoms with Crippen LogP contribution in [0.4, 0.5) is 17.6 Å². The molecule has 1 N–H and O–H groups in total. The van der Waals surface area contributed by atoms with Crippen molar-refractivity contribution in [2.24, 2.45) is 11.8 Å². The van der Waals surface area contributed by atoms with Crippen LogP contribution in [0.5, 0.6) is 5.75 Å². The fraction of sp³-hybridized carbons (Fsp3) is 0.556. The molecule has 5 nitrogen and oxygen atoms in total. The van der Waals surface area contributed by atoms with Crippen LogP contribution in [-0.4, -0.2) is 52.9 Å². The first kappa shape index (κ1) is 27.9. The van der Waals surface area contributed by atoms with E-state index in [4.69, 9.17) is 4.74 Å². The molecule has 1 heterocycles. The molecule has 1 aliphatic heterocycles. The van der Waals surface area contributed by atoms with E-state index >= 15 is 0 Å². The van der Waals surface area contributed by atoms with Crippen LogP contribution in [0.1, 0.15) is 47.4 Å². The zero-order chi connectivity index (χ0) is 26.8. The van der Waals surface area contributed by atoms with Gasteiger partial charge in [0.2, 0.25) is 10.0 Å². The van der Waals surface area contributed by atoms with Gasteiger partial charge < -0.3 is 9.64 Å². The molecule has 2 aromatic carbocycles. The van der Waals surface area contributed by atoms with Crippen molar-refractivity contribution in [3.63, 3.8) is 0 Å². The molecule has 2 unspecified atom stereocenters. The lowest BCUT2D eigenvalue weighted by Crippen LogP contribution is -2.41. The highest BCUT2D eigenvalue weighted by Gasteiger charge is 2.36. The van der Waals surface area contributed by atoms with Gasteiger partial charge in [-0.15, -0.1) is 0 Å². The van der Waals surface area contributed by atoms with E-state index in [1.54, 1.807) is 12.1 Å². The predicted octanol–water partition coefficient (Wildman–Crippen LogP) is 5.00. The molecule has 1 saturated heterocycles. The molecule has 0 aromatic heterocycles. The molecule has 0 amide bonds. The van der Waals surface area contributed by atoms with Gasteiger partial charge >= 0.3 is 6.18 Å². The van der Waals surface area contributed by atoms with Crippen molar-refractivity contribution in [3.8, 4) is 5.75 Å². The summed E-state index contributed by atoms with van der Waals surface area (Å²) in [6.45, 7) is 3.00. The normalized spacial score (nSPS) is 21.6. The van der Waals surface area contributed by atoms with Gasteiger partial charge in [-0.3, -0.25) is 0 Å². The second-order valence-electron chi connectivity index (χ2n) is 10.2. The Labute approximate surface area is 216 Å². The molecular weight excluding hydrogens is 508 g/mol. The number of nitrogens with zero attached hydrogens (tertiary/aromatic N) is 1. The molecule has 37 heavy (non-hydrogen) atoms. The van der Waals surface area contributed by atoms with E-state index in [-0.39, 0.29) is 23.4 Å². The highest BCUT2D eigenvalue weighted by molar-refractivity contribution is 7.89. The average molecular weight is 543 g/mol. The number of ether oxygens (including phenoxy) is 1. The number of sulfonamides is 1. The number of hydrogen-bond donors (Lipinski definition) is 1. The van der Waals surface area contributed by atoms with Crippen molar-refractivity contribution in [2.75, 3.05) is 39.5 Å². The lowest BCUT2D eigenvalue weighted by Gasteiger charge is -2.35. The van der Waals surface area contributed by atoms with Crippen LogP contribution >= 0.6 is 0 Å². The molecule has 204 valence electrons. The molecular formula is C27H34F4N2O3S. The summed E-state index contributed by atoms with van der Waals surface area (Å²) in [7, 11) is -0.0205. The Balaban J connectivity index is 0.000000301. The molecule has 0 spiro atoms. The van der Waals surface area contributed by atoms with Gasteiger partial charge in [0, 0.05) is 6.54 Å². The second-order valence-corrected chi connectivity index (χ2v) is 12.2. The highest BCUT2D eigenvalue weighted by atomic mass is 32.2. The maximum atomic E-state index is 14.2. The van der Waals surface area contributed by atoms with E-state index < -0.39 is 21.8 Å². The second kappa shape index (κ2) is 11.3. The van der Waals surface area contributed by atoms with Crippen molar-refractivity contribution in [2.45, 2.75) is 44.2 Å². The number of rotatable bonds is 8. The summed E-state index contributed by atoms with van der Waals surface area (Å²) in [5.74, 6) is 0.886. The molecule has 10 heteroatoms. The van der Waals surface area contributed by atoms with Crippen LogP contribution in [0.15, 0.2) is 36.4 Å². The third-order valence-electron chi connectivity index (χ3n) is 7.48. The standard InChI is InChI=1S/C22H23F4NO.C5H11NO2S/c1-28-21-12-19-15(11-20(21)23)10-16(13-27-6-3-7-27)18(19)9-14-4-2-5-17(8-14)22(24,25)26;1-6-9(7,8)4-5-2-3-5/h2,4-5,8,11-12,16,18H,3,6-7,9-10,13H2,1H3;5-6H,2-4H2,1H3. The topological polar surface area (TPSA) is 58.6 Å². The van der Waals surface area contributed by atoms with Gasteiger partial charge in [-0.25, -0.2) is 17.5 Å². The van der Waals surface area contributed by atoms with Crippen LogP contribution < -0.4 is 9.46 Å². The minimum absolute atomic E-state index is 0.0496. The van der Waals surface area contributed by atoms with Crippen molar-refractivity contribution < 1.29 is 30.7 Å². The minimum atomic E-state index is -4.35. The number of benzene rings is 2. The number of methoxy groups -OCH3 is 1. The van der Waals surface area contributed by atoms with Crippen molar-refractivity contribution in [3.05, 3.63) is 64.5 Å². The zero-order valence-corrected chi connectivity index (χ0v) is 22.0. The Morgan fingerprint density at radius 2 is 1.86 bits per heavy atom. The Morgan fingerprint density at radius 1 is 1.14 bits per heavy atom. The van der Waals surface area contributed by atoms with Crippen molar-refractivity contribution >= 4 is 10.0 Å². The van der Waals surface area contributed by atoms with E-state index in [1.807, 2.05) is 0 Å². The van der Waals surface area contributed by atoms with Crippen molar-refractivity contribution in [1.29, 1.82) is 0 Å². The number of nitrogens with one attached hydrogen (secondary N) is 1. The fourth-order valence-corrected chi connectivity index (χ4v) is 6.26. The van der Waals surface area contributed by atoms with Gasteiger partial charge in [-0.1, -0.05) is 18.2 Å². The van der Waals surface area contributed by atoms with E-state index in [2.05, 4.69) is 9.62 Å². The highest BCUT2D eigenvalue weighted by Crippen LogP contribution is 2.43. The third kappa shape index (κ3) is 7.23. The van der Waals surface area contributed by atoms with Crippen LogP contribution in [0.2, 0.25) is 0 Å². The van der Waals surface area contributed by atoms with E-state index in [0.29, 0.717) is 23.7 Å². The molecule has 2 atom stereocenters. The van der Waals surface area contributed by atoms with Crippen LogP contribution in [0.25, 0.3) is 0 Å². The number of halogens is 4. The number of hydrogen-bond acceptors (Lipinski definition) is 4. The minimum Gasteiger partial charge on any atom is -0.494 e. The summed E-state index contributed by atoms with van der Waals surface area (Å²) >= 11 is 0. The number of fused-ring (bicyclic) bond motifs is 1. The molecule has 5 rings (SSSR count). The monoisotopic (exact) mass is 542 g/mol. The van der Waals surface area contributed by atoms with Gasteiger partial charge in [-0.2, -0.15) is 13.2 Å². The first-order chi connectivity index (χ1) is 17.5. The fourth-order valence-electron chi connectivity index (χ4n) is 5.14. The molecule has 0 bridgehead atoms. The average Bonchev–Trinajstić information content (AvgIpc) is 3.56. The zero-order valence-electron chi connectivity index (χ0n) is 21.2. The van der Waals surface area contributed by atoms with Gasteiger partial charge in [0.25, 0.3) is 0 Å². The first-order valence-electron chi connectivity index (χ1n) is 12.6. The SMILES string of the molecule is CNS(=O)(=O)CC1CC1.COc1cc2c(cc1F)CC(CN1CCC1)C2Cc1cccc(C(F)(F)F)c1. The summed E-state index contributed by atoms with van der Waals surface area (Å²) in [4.78, 5) is 2.36. The molecule has 2 aliphatic carbocycles. The van der Waals surface area contributed by atoms with Gasteiger partial charge in [-0.05, 0) is 105 Å². The Kier molecular flexibility index (Phi) is 8.50. The summed E-state index contributed by atoms with van der Waals surface area (Å²) < 4.78 is 82.4. The maximum absolute atomic E-state index is 14.2. The predicted molar refractivity (Wildman–Crippen MR) is 135 cm³/mol. The van der Waals surface area contributed by atoms with E-state index in [9.17, 15) is 26.0 Å². The maximum Gasteiger partial charge on any atom is 0.416 e. The first-order valence-corrected chi connectivity index (χ1v) is 14.3. The molecule has 0 radical (unpaired) electrons. The van der Waals surface area contributed by atoms with Crippen LogP contribution in [0, 0.1) is 17.7 Å². The summed E-state index contributed by atoms with van der Waals surface area (Å²) in [6, 6.07) is 8.81. The number of alkyl halides is 3. The quantitative estimate of drug-likeness (QED) is 0.477. The third-order valence-corrected chi connectivity index (χ3v) is 9.01. The largest absolute Gasteiger partial charge is 0.494 e. The number of likely N-dealkylation sites (tertiary alicyclic amines) is 1. The summed E-state index contributed by atoms with van der Waals surface area (Å²) in [6.07, 6.45) is 0.246. The van der Waals surface area contributed by atoms with Crippen LogP contribution in [0.3, 0.4) is 0 Å². The Hall–Kier alpha value is -2.17. The van der Waals surface area contributed by atoms with Gasteiger partial charge in [0.05, 0.1) is 18.4 Å². The summed E-state index contributed by atoms with van der Waals surface area (Å²) in [5.41, 5.74) is 1.98. The molecule has 2 aromatic rings. The van der Waals surface area contributed by atoms with E-state index in [0.717, 1.165) is 56.1 Å². The van der Waals surface area contributed by atoms with E-state index in [1.165, 1.54) is 38.8 Å². The summed E-state index contributed by atoms with van der Waals surface area (Å²) in [5, 5.41) is 0. The Morgan fingerprint density at radius 3 is 2.43 bits per heavy atom. The Bertz CT molecular complexity index is 1190.